The summed E-state index contributed by atoms with van der Waals surface area (Å²) in [6.07, 6.45) is 0.787. The highest BCUT2D eigenvalue weighted by Crippen LogP contribution is 2.51. The molecule has 2 heteroatoms. The molecule has 0 N–H and O–H groups in total. The van der Waals surface area contributed by atoms with Crippen LogP contribution in [-0.4, -0.2) is 0 Å². The van der Waals surface area contributed by atoms with Gasteiger partial charge in [-0.15, -0.1) is 0 Å². The molecule has 7 rings (SSSR count). The summed E-state index contributed by atoms with van der Waals surface area (Å²) in [6, 6.07) is 46.5. The number of hydrogen-bond donors (Lipinski definition) is 0. The third kappa shape index (κ3) is 4.20. The van der Waals surface area contributed by atoms with Crippen molar-refractivity contribution in [3.63, 3.8) is 0 Å². The topological polar surface area (TPSA) is 17.1 Å². The van der Waals surface area contributed by atoms with Gasteiger partial charge in [-0.05, 0) is 77.3 Å². The summed E-state index contributed by atoms with van der Waals surface area (Å²) < 4.78 is 16.3. The van der Waals surface area contributed by atoms with Crippen molar-refractivity contribution in [3.8, 4) is 33.4 Å². The van der Waals surface area contributed by atoms with Crippen LogP contribution < -0.4 is 15.9 Å². The van der Waals surface area contributed by atoms with E-state index in [2.05, 4.69) is 118 Å². The minimum atomic E-state index is -3.34. The van der Waals surface area contributed by atoms with Crippen molar-refractivity contribution in [2.75, 3.05) is 0 Å². The van der Waals surface area contributed by atoms with Gasteiger partial charge >= 0.3 is 0 Å². The van der Waals surface area contributed by atoms with Crippen LogP contribution in [0.5, 0.6) is 0 Å². The van der Waals surface area contributed by atoms with Gasteiger partial charge in [0.25, 0.3) is 0 Å². The number of rotatable bonds is 5. The first-order valence-corrected chi connectivity index (χ1v) is 16.3. The van der Waals surface area contributed by atoms with Gasteiger partial charge in [0, 0.05) is 21.5 Å². The maximum absolute atomic E-state index is 16.3. The van der Waals surface area contributed by atoms with Gasteiger partial charge in [0.1, 0.15) is 0 Å². The van der Waals surface area contributed by atoms with Crippen molar-refractivity contribution < 1.29 is 4.57 Å². The summed E-state index contributed by atoms with van der Waals surface area (Å²) in [5.41, 5.74) is 13.1. The van der Waals surface area contributed by atoms with Crippen LogP contribution in [0.15, 0.2) is 133 Å². The van der Waals surface area contributed by atoms with Crippen LogP contribution in [0.1, 0.15) is 27.8 Å². The molecule has 42 heavy (non-hydrogen) atoms. The molecule has 1 aliphatic carbocycles. The van der Waals surface area contributed by atoms with Crippen LogP contribution >= 0.6 is 7.14 Å². The maximum atomic E-state index is 16.3. The van der Waals surface area contributed by atoms with Gasteiger partial charge < -0.3 is 4.57 Å². The first-order chi connectivity index (χ1) is 20.5. The zero-order valence-corrected chi connectivity index (χ0v) is 25.2. The van der Waals surface area contributed by atoms with Crippen LogP contribution in [0.4, 0.5) is 0 Å². The molecule has 1 nitrogen and oxygen atoms in total. The lowest BCUT2D eigenvalue weighted by Crippen LogP contribution is -2.29. The molecule has 0 bridgehead atoms. The predicted octanol–water partition coefficient (Wildman–Crippen LogP) is 9.16. The van der Waals surface area contributed by atoms with E-state index >= 15 is 4.57 Å². The number of benzene rings is 6. The molecule has 0 aliphatic heterocycles. The Morgan fingerprint density at radius 1 is 0.524 bits per heavy atom. The van der Waals surface area contributed by atoms with Crippen molar-refractivity contribution in [2.45, 2.75) is 27.2 Å². The highest BCUT2D eigenvalue weighted by molar-refractivity contribution is 7.85. The van der Waals surface area contributed by atoms with E-state index in [0.717, 1.165) is 39.0 Å². The van der Waals surface area contributed by atoms with E-state index in [1.807, 2.05) is 36.4 Å². The summed E-state index contributed by atoms with van der Waals surface area (Å²) in [6.45, 7) is 6.53. The van der Waals surface area contributed by atoms with Gasteiger partial charge in [-0.2, -0.15) is 0 Å². The Hall–Kier alpha value is -4.45. The van der Waals surface area contributed by atoms with Crippen LogP contribution in [0.3, 0.4) is 0 Å². The molecule has 0 aromatic heterocycles. The van der Waals surface area contributed by atoms with E-state index in [9.17, 15) is 0 Å². The van der Waals surface area contributed by atoms with Crippen LogP contribution in [0.25, 0.3) is 33.4 Å². The van der Waals surface area contributed by atoms with Gasteiger partial charge in [0.15, 0.2) is 7.14 Å². The summed E-state index contributed by atoms with van der Waals surface area (Å²) >= 11 is 0. The monoisotopic (exact) mass is 560 g/mol. The lowest BCUT2D eigenvalue weighted by atomic mass is 9.88. The largest absolute Gasteiger partial charge is 0.309 e. The molecule has 0 heterocycles. The molecule has 0 fully saturated rings. The average molecular weight is 561 g/mol. The van der Waals surface area contributed by atoms with Crippen LogP contribution in [0, 0.1) is 20.8 Å². The zero-order valence-electron chi connectivity index (χ0n) is 24.3. The van der Waals surface area contributed by atoms with Gasteiger partial charge in [-0.25, -0.2) is 0 Å². The van der Waals surface area contributed by atoms with E-state index in [0.29, 0.717) is 0 Å². The van der Waals surface area contributed by atoms with Gasteiger partial charge in [-0.1, -0.05) is 139 Å². The minimum Gasteiger partial charge on any atom is -0.309 e. The molecule has 0 saturated heterocycles. The molecular formula is C40H33OP. The summed E-state index contributed by atoms with van der Waals surface area (Å²) in [5.74, 6) is 0. The minimum absolute atomic E-state index is 0.787. The fourth-order valence-electron chi connectivity index (χ4n) is 7.01. The van der Waals surface area contributed by atoms with Crippen LogP contribution in [0.2, 0.25) is 0 Å². The Morgan fingerprint density at radius 2 is 1.10 bits per heavy atom. The smallest absolute Gasteiger partial charge is 0.171 e. The van der Waals surface area contributed by atoms with Crippen molar-refractivity contribution in [3.05, 3.63) is 161 Å². The Bertz CT molecular complexity index is 1980. The lowest BCUT2D eigenvalue weighted by molar-refractivity contribution is 0.592. The molecule has 0 spiro atoms. The molecule has 6 aromatic rings. The quantitative estimate of drug-likeness (QED) is 0.192. The summed E-state index contributed by atoms with van der Waals surface area (Å²) in [5, 5.41) is 2.69. The standard InChI is InChI=1S/C40H33OP/c1-27-24-28(2)39(29(3)25-27)35-21-13-23-38(40(35)30-14-6-4-7-15-30)42(41,32-17-8-5-9-18-32)37-22-12-20-34-33-19-11-10-16-31(33)26-36(34)37/h4-25H,26H2,1-3H3. The van der Waals surface area contributed by atoms with Crippen molar-refractivity contribution >= 4 is 23.1 Å². The second-order valence-electron chi connectivity index (χ2n) is 11.4. The Morgan fingerprint density at radius 3 is 1.81 bits per heavy atom. The van der Waals surface area contributed by atoms with Crippen molar-refractivity contribution in [2.24, 2.45) is 0 Å². The highest BCUT2D eigenvalue weighted by Gasteiger charge is 2.37. The normalized spacial score (nSPS) is 13.3. The molecule has 0 amide bonds. The second kappa shape index (κ2) is 10.4. The average Bonchev–Trinajstić information content (AvgIpc) is 3.40. The molecule has 6 aromatic carbocycles. The third-order valence-corrected chi connectivity index (χ3v) is 11.8. The van der Waals surface area contributed by atoms with Gasteiger partial charge in [0.2, 0.25) is 0 Å². The van der Waals surface area contributed by atoms with E-state index < -0.39 is 7.14 Å². The first kappa shape index (κ1) is 26.4. The first-order valence-electron chi connectivity index (χ1n) is 14.6. The van der Waals surface area contributed by atoms with E-state index in [1.165, 1.54) is 44.5 Å². The number of hydrogen-bond acceptors (Lipinski definition) is 1. The maximum Gasteiger partial charge on any atom is 0.171 e. The second-order valence-corrected chi connectivity index (χ2v) is 14.1. The van der Waals surface area contributed by atoms with E-state index in [1.54, 1.807) is 0 Å². The van der Waals surface area contributed by atoms with Crippen molar-refractivity contribution in [1.29, 1.82) is 0 Å². The molecule has 0 radical (unpaired) electrons. The third-order valence-electron chi connectivity index (χ3n) is 8.68. The van der Waals surface area contributed by atoms with E-state index in [4.69, 9.17) is 0 Å². The number of aryl methyl sites for hydroxylation is 3. The SMILES string of the molecule is Cc1cc(C)c(-c2cccc(P(=O)(c3ccccc3)c3cccc4c3Cc3ccccc3-4)c2-c2ccccc2)c(C)c1. The summed E-state index contributed by atoms with van der Waals surface area (Å²) in [7, 11) is -3.34. The molecule has 1 aliphatic rings. The fraction of sp³-hybridized carbons (Fsp3) is 0.100. The van der Waals surface area contributed by atoms with E-state index in [-0.39, 0.29) is 0 Å². The molecule has 1 unspecified atom stereocenters. The van der Waals surface area contributed by atoms with Crippen LogP contribution in [-0.2, 0) is 11.0 Å². The Kier molecular flexibility index (Phi) is 6.57. The van der Waals surface area contributed by atoms with Crippen molar-refractivity contribution in [1.82, 2.24) is 0 Å². The molecule has 1 atom stereocenters. The van der Waals surface area contributed by atoms with Gasteiger partial charge in [-0.3, -0.25) is 0 Å². The zero-order chi connectivity index (χ0) is 28.8. The summed E-state index contributed by atoms with van der Waals surface area (Å²) in [4.78, 5) is 0. The Labute approximate surface area is 248 Å². The molecule has 204 valence electrons. The van der Waals surface area contributed by atoms with Gasteiger partial charge in [0.05, 0.1) is 0 Å². The fourth-order valence-corrected chi connectivity index (χ4v) is 10.1. The predicted molar refractivity (Wildman–Crippen MR) is 179 cm³/mol. The molecule has 0 saturated carbocycles. The Balaban J connectivity index is 1.59. The molecular weight excluding hydrogens is 527 g/mol. The lowest BCUT2D eigenvalue weighted by Gasteiger charge is -2.27. The highest BCUT2D eigenvalue weighted by atomic mass is 31.2. The number of fused-ring (bicyclic) bond motifs is 3.